The smallest absolute Gasteiger partial charge is 0.397 e. The molecule has 0 aromatic carbocycles. The van der Waals surface area contributed by atoms with E-state index in [2.05, 4.69) is 78.8 Å². The number of esters is 1. The van der Waals surface area contributed by atoms with Crippen molar-refractivity contribution in [1.29, 1.82) is 0 Å². The van der Waals surface area contributed by atoms with Gasteiger partial charge in [0, 0.05) is 13.0 Å². The van der Waals surface area contributed by atoms with Gasteiger partial charge in [-0.15, -0.1) is 0 Å². The Morgan fingerprint density at radius 2 is 0.846 bits per heavy atom. The van der Waals surface area contributed by atoms with Crippen molar-refractivity contribution in [2.24, 2.45) is 0 Å². The van der Waals surface area contributed by atoms with E-state index in [0.717, 1.165) is 57.8 Å². The third-order valence-electron chi connectivity index (χ3n) is 14.6. The molecule has 1 fully saturated rings. The number of unbranched alkanes of at least 4 members (excludes halogenated alkanes) is 34. The molecule has 0 aromatic rings. The summed E-state index contributed by atoms with van der Waals surface area (Å²) in [5, 5.41) is 30.9. The minimum Gasteiger partial charge on any atom is -0.457 e. The molecule has 1 aliphatic heterocycles. The lowest BCUT2D eigenvalue weighted by molar-refractivity contribution is -0.301. The molecule has 1 aliphatic rings. The maximum absolute atomic E-state index is 13.0. The Bertz CT molecular complexity index is 1580. The summed E-state index contributed by atoms with van der Waals surface area (Å²) in [6.45, 7) is 4.01. The first-order chi connectivity index (χ1) is 38.1. The van der Waals surface area contributed by atoms with Gasteiger partial charge in [0.2, 0.25) is 0 Å². The Labute approximate surface area is 478 Å². The zero-order valence-electron chi connectivity index (χ0n) is 49.7. The van der Waals surface area contributed by atoms with Crippen molar-refractivity contribution in [2.45, 2.75) is 320 Å². The molecule has 0 bridgehead atoms. The van der Waals surface area contributed by atoms with Gasteiger partial charge in [0.05, 0.1) is 19.8 Å². The van der Waals surface area contributed by atoms with Crippen molar-refractivity contribution >= 4 is 16.4 Å². The van der Waals surface area contributed by atoms with Crippen LogP contribution >= 0.6 is 0 Å². The Morgan fingerprint density at radius 1 is 0.487 bits per heavy atom. The number of aliphatic hydroxyl groups is 3. The zero-order valence-corrected chi connectivity index (χ0v) is 50.5. The number of ether oxygens (including phenoxy) is 4. The molecule has 1 saturated heterocycles. The molecule has 13 heteroatoms. The summed E-state index contributed by atoms with van der Waals surface area (Å²) in [5.41, 5.74) is 0. The van der Waals surface area contributed by atoms with Gasteiger partial charge in [0.15, 0.2) is 6.29 Å². The molecule has 0 amide bonds. The van der Waals surface area contributed by atoms with Gasteiger partial charge in [-0.25, -0.2) is 4.18 Å². The van der Waals surface area contributed by atoms with E-state index in [1.165, 1.54) is 199 Å². The number of aliphatic hydroxyl groups excluding tert-OH is 3. The number of hydrogen-bond acceptors (Lipinski definition) is 11. The van der Waals surface area contributed by atoms with Gasteiger partial charge in [0.1, 0.15) is 30.5 Å². The van der Waals surface area contributed by atoms with Crippen LogP contribution in [-0.4, -0.2) is 97.5 Å². The molecule has 6 atom stereocenters. The van der Waals surface area contributed by atoms with Crippen molar-refractivity contribution in [3.05, 3.63) is 60.8 Å². The summed E-state index contributed by atoms with van der Waals surface area (Å²) in [6.07, 6.45) is 64.0. The van der Waals surface area contributed by atoms with Crippen LogP contribution < -0.4 is 0 Å². The molecule has 6 unspecified atom stereocenters. The predicted molar refractivity (Wildman–Crippen MR) is 322 cm³/mol. The summed E-state index contributed by atoms with van der Waals surface area (Å²) in [7, 11) is -5.07. The van der Waals surface area contributed by atoms with Crippen molar-refractivity contribution in [3.63, 3.8) is 0 Å². The molecule has 78 heavy (non-hydrogen) atoms. The van der Waals surface area contributed by atoms with Gasteiger partial charge in [-0.05, 0) is 83.5 Å². The van der Waals surface area contributed by atoms with Gasteiger partial charge in [-0.3, -0.25) is 9.35 Å². The summed E-state index contributed by atoms with van der Waals surface area (Å²) in [6, 6.07) is 0. The molecular formula is C65H118O12S. The van der Waals surface area contributed by atoms with Crippen LogP contribution in [0, 0.1) is 0 Å². The summed E-state index contributed by atoms with van der Waals surface area (Å²) in [5.74, 6) is -0.398. The third-order valence-corrected chi connectivity index (χ3v) is 15.1. The highest BCUT2D eigenvalue weighted by molar-refractivity contribution is 7.80. The Balaban J connectivity index is 2.25. The highest BCUT2D eigenvalue weighted by Gasteiger charge is 2.48. The predicted octanol–water partition coefficient (Wildman–Crippen LogP) is 16.8. The highest BCUT2D eigenvalue weighted by Crippen LogP contribution is 2.26. The Kier molecular flexibility index (Phi) is 52.4. The van der Waals surface area contributed by atoms with Crippen LogP contribution in [0.15, 0.2) is 60.8 Å². The van der Waals surface area contributed by atoms with Crippen molar-refractivity contribution < 1.29 is 56.2 Å². The minimum atomic E-state index is -5.07. The SMILES string of the molecule is CCCCCCC/C=C\C/C=C\C/C=C\CCCCCCCCCCCCCOCC(COC1OC(CO)C(O)C(OS(=O)(=O)O)C1O)OC(=O)CCCCCCCCCCCCCCC/C=C\C/C=C\CCCCCCC. The fraction of sp³-hybridized carbons (Fsp3) is 0.831. The van der Waals surface area contributed by atoms with Crippen LogP contribution in [0.5, 0.6) is 0 Å². The van der Waals surface area contributed by atoms with E-state index in [4.69, 9.17) is 18.9 Å². The van der Waals surface area contributed by atoms with Crippen LogP contribution in [0.3, 0.4) is 0 Å². The van der Waals surface area contributed by atoms with Crippen LogP contribution in [0.4, 0.5) is 0 Å². The molecule has 0 radical (unpaired) electrons. The average Bonchev–Trinajstić information content (AvgIpc) is 3.42. The normalized spacial score (nSPS) is 18.8. The highest BCUT2D eigenvalue weighted by atomic mass is 32.3. The lowest BCUT2D eigenvalue weighted by Gasteiger charge is -2.41. The molecule has 0 saturated carbocycles. The molecule has 1 rings (SSSR count). The van der Waals surface area contributed by atoms with E-state index in [-0.39, 0.29) is 19.6 Å². The monoisotopic (exact) mass is 1120 g/mol. The maximum atomic E-state index is 13.0. The summed E-state index contributed by atoms with van der Waals surface area (Å²) in [4.78, 5) is 13.0. The molecule has 0 aliphatic carbocycles. The quantitative estimate of drug-likeness (QED) is 0.0196. The number of allylic oxidation sites excluding steroid dienone is 10. The molecule has 12 nitrogen and oxygen atoms in total. The number of hydrogen-bond donors (Lipinski definition) is 4. The Morgan fingerprint density at radius 3 is 1.23 bits per heavy atom. The standard InChI is InChI=1S/C65H118O12S/c1-3-5-7-9-11-13-15-17-19-21-23-25-27-29-31-33-35-37-39-41-43-45-47-49-51-53-55-73-57-59(58-74-65-63(69)64(77-78(70,71)72)62(68)60(56-66)76-65)75-61(67)54-52-50-48-46-44-42-40-38-36-34-32-30-28-26-24-22-20-18-16-14-12-10-8-6-4-2/h15-18,21-24,27,29,59-60,62-66,68-69H,3-14,19-20,25-26,28,30-58H2,1-2H3,(H,70,71,72)/b17-15-,18-16-,23-21-,24-22-,29-27-. The van der Waals surface area contributed by atoms with Crippen LogP contribution in [-0.2, 0) is 38.3 Å². The first kappa shape index (κ1) is 73.8. The summed E-state index contributed by atoms with van der Waals surface area (Å²) >= 11 is 0. The zero-order chi connectivity index (χ0) is 56.7. The van der Waals surface area contributed by atoms with Crippen molar-refractivity contribution in [2.75, 3.05) is 26.4 Å². The first-order valence-corrected chi connectivity index (χ1v) is 33.4. The molecular weight excluding hydrogens is 1000 g/mol. The van der Waals surface area contributed by atoms with Gasteiger partial charge in [0.25, 0.3) is 0 Å². The number of carbonyl (C=O) groups excluding carboxylic acids is 1. The second kappa shape index (κ2) is 55.3. The van der Waals surface area contributed by atoms with Crippen LogP contribution in [0.25, 0.3) is 0 Å². The topological polar surface area (TPSA) is 178 Å². The number of carbonyl (C=O) groups is 1. The maximum Gasteiger partial charge on any atom is 0.397 e. The molecule has 0 aromatic heterocycles. The lowest BCUT2D eigenvalue weighted by Crippen LogP contribution is -2.60. The van der Waals surface area contributed by atoms with Gasteiger partial charge in [-0.1, -0.05) is 254 Å². The van der Waals surface area contributed by atoms with Gasteiger partial charge < -0.3 is 34.3 Å². The molecule has 0 spiro atoms. The fourth-order valence-corrected chi connectivity index (χ4v) is 10.3. The van der Waals surface area contributed by atoms with Crippen LogP contribution in [0.2, 0.25) is 0 Å². The fourth-order valence-electron chi connectivity index (χ4n) is 9.77. The van der Waals surface area contributed by atoms with E-state index in [0.29, 0.717) is 13.0 Å². The van der Waals surface area contributed by atoms with E-state index < -0.39 is 59.8 Å². The largest absolute Gasteiger partial charge is 0.457 e. The first-order valence-electron chi connectivity index (χ1n) is 32.0. The molecule has 456 valence electrons. The third kappa shape index (κ3) is 47.4. The van der Waals surface area contributed by atoms with E-state index >= 15 is 0 Å². The van der Waals surface area contributed by atoms with Crippen LogP contribution in [0.1, 0.15) is 284 Å². The van der Waals surface area contributed by atoms with E-state index in [1.807, 2.05) is 0 Å². The second-order valence-electron chi connectivity index (χ2n) is 22.0. The van der Waals surface area contributed by atoms with E-state index in [9.17, 15) is 33.1 Å². The van der Waals surface area contributed by atoms with Crippen molar-refractivity contribution in [3.8, 4) is 0 Å². The Hall–Kier alpha value is -2.20. The summed E-state index contributed by atoms with van der Waals surface area (Å²) < 4.78 is 59.6. The lowest BCUT2D eigenvalue weighted by atomic mass is 9.99. The molecule has 1 heterocycles. The molecule has 4 N–H and O–H groups in total. The number of rotatable bonds is 57. The van der Waals surface area contributed by atoms with E-state index in [1.54, 1.807) is 0 Å². The van der Waals surface area contributed by atoms with Crippen molar-refractivity contribution in [1.82, 2.24) is 0 Å². The van der Waals surface area contributed by atoms with Gasteiger partial charge >= 0.3 is 16.4 Å². The minimum absolute atomic E-state index is 0.0336. The average molecular weight is 1120 g/mol. The van der Waals surface area contributed by atoms with Gasteiger partial charge in [-0.2, -0.15) is 8.42 Å². The second-order valence-corrected chi connectivity index (χ2v) is 23.0.